The van der Waals surface area contributed by atoms with Crippen LogP contribution in [0.25, 0.3) is 16.6 Å². The number of aryl methyl sites for hydroxylation is 1. The number of benzene rings is 2. The van der Waals surface area contributed by atoms with Gasteiger partial charge in [0.2, 0.25) is 0 Å². The van der Waals surface area contributed by atoms with Gasteiger partial charge in [0.05, 0.1) is 11.9 Å². The van der Waals surface area contributed by atoms with Gasteiger partial charge < -0.3 is 5.11 Å². The third-order valence-corrected chi connectivity index (χ3v) is 4.29. The second-order valence-electron chi connectivity index (χ2n) is 6.20. The molecule has 2 heterocycles. The zero-order valence-corrected chi connectivity index (χ0v) is 14.4. The minimum atomic E-state index is -0.920. The van der Waals surface area contributed by atoms with Crippen LogP contribution in [0, 0.1) is 0 Å². The molecule has 0 atom stereocenters. The number of carboxylic acids is 1. The average Bonchev–Trinajstić information content (AvgIpc) is 2.68. The molecule has 0 radical (unpaired) electrons. The maximum absolute atomic E-state index is 12.6. The first kappa shape index (κ1) is 16.8. The number of carbonyl (C=O) groups is 1. The summed E-state index contributed by atoms with van der Waals surface area (Å²) < 4.78 is 1.50. The second kappa shape index (κ2) is 6.95. The molecule has 134 valence electrons. The first-order valence-electron chi connectivity index (χ1n) is 8.55. The van der Waals surface area contributed by atoms with Crippen molar-refractivity contribution in [2.24, 2.45) is 0 Å². The summed E-state index contributed by atoms with van der Waals surface area (Å²) in [5.41, 5.74) is 1.90. The van der Waals surface area contributed by atoms with Gasteiger partial charge in [0, 0.05) is 18.2 Å². The molecule has 2 aromatic heterocycles. The van der Waals surface area contributed by atoms with Gasteiger partial charge in [0.25, 0.3) is 5.56 Å². The Bertz CT molecular complexity index is 1200. The highest BCUT2D eigenvalue weighted by Gasteiger charge is 2.14. The predicted octanol–water partition coefficient (Wildman–Crippen LogP) is 2.25. The Labute approximate surface area is 154 Å². The summed E-state index contributed by atoms with van der Waals surface area (Å²) in [6, 6.07) is 16.8. The predicted molar refractivity (Wildman–Crippen MR) is 99.8 cm³/mol. The number of aliphatic carboxylic acids is 1. The van der Waals surface area contributed by atoms with Crippen molar-refractivity contribution in [3.63, 3.8) is 0 Å². The van der Waals surface area contributed by atoms with Gasteiger partial charge in [-0.1, -0.05) is 42.5 Å². The van der Waals surface area contributed by atoms with E-state index in [-0.39, 0.29) is 18.4 Å². The Morgan fingerprint density at radius 3 is 2.52 bits per heavy atom. The van der Waals surface area contributed by atoms with E-state index in [2.05, 4.69) is 15.1 Å². The van der Waals surface area contributed by atoms with E-state index in [0.717, 1.165) is 5.56 Å². The summed E-state index contributed by atoms with van der Waals surface area (Å²) in [6.07, 6.45) is 0.460. The van der Waals surface area contributed by atoms with Crippen molar-refractivity contribution in [2.45, 2.75) is 19.3 Å². The van der Waals surface area contributed by atoms with E-state index < -0.39 is 5.97 Å². The normalized spacial score (nSPS) is 11.1. The number of fused-ring (bicyclic) bond motifs is 3. The molecular weight excluding hydrogens is 344 g/mol. The van der Waals surface area contributed by atoms with E-state index in [0.29, 0.717) is 34.5 Å². The van der Waals surface area contributed by atoms with Crippen molar-refractivity contribution >= 4 is 22.5 Å². The highest BCUT2D eigenvalue weighted by atomic mass is 16.4. The van der Waals surface area contributed by atoms with Crippen LogP contribution in [0.15, 0.2) is 59.4 Å². The number of hydrogen-bond donors (Lipinski definition) is 1. The summed E-state index contributed by atoms with van der Waals surface area (Å²) in [4.78, 5) is 32.4. The quantitative estimate of drug-likeness (QED) is 0.548. The van der Waals surface area contributed by atoms with E-state index in [1.807, 2.05) is 54.6 Å². The molecule has 0 bridgehead atoms. The minimum Gasteiger partial charge on any atom is -0.481 e. The molecule has 0 aliphatic rings. The Morgan fingerprint density at radius 1 is 1.00 bits per heavy atom. The first-order chi connectivity index (χ1) is 13.1. The zero-order chi connectivity index (χ0) is 18.8. The third kappa shape index (κ3) is 3.39. The van der Waals surface area contributed by atoms with Crippen LogP contribution < -0.4 is 5.56 Å². The first-order valence-corrected chi connectivity index (χ1v) is 8.55. The standard InChI is InChI=1S/C20H16N4O3/c25-18(26)11-10-17-21-15-9-5-4-8-14(15)19-22-20(27)16(23-24(17)19)12-13-6-2-1-3-7-13/h1-9H,10-12H2,(H,25,26). The van der Waals surface area contributed by atoms with Crippen LogP contribution in [0.1, 0.15) is 23.5 Å². The van der Waals surface area contributed by atoms with Crippen molar-refractivity contribution in [2.75, 3.05) is 0 Å². The number of nitrogens with zero attached hydrogens (tertiary/aromatic N) is 4. The fourth-order valence-electron chi connectivity index (χ4n) is 3.00. The van der Waals surface area contributed by atoms with Crippen LogP contribution in [0.2, 0.25) is 0 Å². The number of para-hydroxylation sites is 1. The maximum atomic E-state index is 12.6. The third-order valence-electron chi connectivity index (χ3n) is 4.29. The molecule has 0 saturated heterocycles. The van der Waals surface area contributed by atoms with E-state index in [4.69, 9.17) is 5.11 Å². The lowest BCUT2D eigenvalue weighted by atomic mass is 10.1. The maximum Gasteiger partial charge on any atom is 0.303 e. The van der Waals surface area contributed by atoms with Gasteiger partial charge in [-0.15, -0.1) is 0 Å². The van der Waals surface area contributed by atoms with Gasteiger partial charge in [-0.25, -0.2) is 4.98 Å². The molecule has 4 rings (SSSR count). The van der Waals surface area contributed by atoms with Gasteiger partial charge in [-0.05, 0) is 17.7 Å². The molecule has 0 unspecified atom stereocenters. The van der Waals surface area contributed by atoms with Gasteiger partial charge in [0.15, 0.2) is 5.65 Å². The lowest BCUT2D eigenvalue weighted by molar-refractivity contribution is -0.137. The minimum absolute atomic E-state index is 0.0811. The fraction of sp³-hybridized carbons (Fsp3) is 0.150. The average molecular weight is 360 g/mol. The largest absolute Gasteiger partial charge is 0.481 e. The van der Waals surface area contributed by atoms with E-state index in [1.165, 1.54) is 4.52 Å². The van der Waals surface area contributed by atoms with Crippen molar-refractivity contribution < 1.29 is 9.90 Å². The summed E-state index contributed by atoms with van der Waals surface area (Å²) in [7, 11) is 0. The molecule has 7 heteroatoms. The molecule has 0 spiro atoms. The summed E-state index contributed by atoms with van der Waals surface area (Å²) in [5.74, 6) is -0.454. The van der Waals surface area contributed by atoms with Crippen molar-refractivity contribution in [1.29, 1.82) is 0 Å². The topological polar surface area (TPSA) is 97.5 Å². The Kier molecular flexibility index (Phi) is 4.33. The molecule has 0 amide bonds. The van der Waals surface area contributed by atoms with Crippen molar-refractivity contribution in [3.8, 4) is 0 Å². The molecule has 0 fully saturated rings. The zero-order valence-electron chi connectivity index (χ0n) is 14.4. The Balaban J connectivity index is 1.91. The van der Waals surface area contributed by atoms with Gasteiger partial charge in [-0.3, -0.25) is 9.59 Å². The van der Waals surface area contributed by atoms with Crippen LogP contribution >= 0.6 is 0 Å². The van der Waals surface area contributed by atoms with Gasteiger partial charge in [0.1, 0.15) is 11.5 Å². The Hall–Kier alpha value is -3.61. The van der Waals surface area contributed by atoms with Crippen LogP contribution in [-0.2, 0) is 17.6 Å². The molecule has 27 heavy (non-hydrogen) atoms. The molecular formula is C20H16N4O3. The molecule has 0 aliphatic heterocycles. The van der Waals surface area contributed by atoms with Crippen molar-refractivity contribution in [1.82, 2.24) is 19.6 Å². The molecule has 0 aliphatic carbocycles. The smallest absolute Gasteiger partial charge is 0.303 e. The fourth-order valence-corrected chi connectivity index (χ4v) is 3.00. The van der Waals surface area contributed by atoms with Gasteiger partial charge >= 0.3 is 5.97 Å². The van der Waals surface area contributed by atoms with Crippen LogP contribution in [-0.4, -0.2) is 30.7 Å². The second-order valence-corrected chi connectivity index (χ2v) is 6.20. The summed E-state index contributed by atoms with van der Waals surface area (Å²) in [5, 5.41) is 14.2. The Morgan fingerprint density at radius 2 is 1.74 bits per heavy atom. The monoisotopic (exact) mass is 360 g/mol. The summed E-state index contributed by atoms with van der Waals surface area (Å²) in [6.45, 7) is 0. The van der Waals surface area contributed by atoms with Crippen molar-refractivity contribution in [3.05, 3.63) is 82.0 Å². The molecule has 4 aromatic rings. The molecule has 2 aromatic carbocycles. The van der Waals surface area contributed by atoms with E-state index >= 15 is 0 Å². The lowest BCUT2D eigenvalue weighted by Crippen LogP contribution is -2.22. The van der Waals surface area contributed by atoms with E-state index in [9.17, 15) is 9.59 Å². The highest BCUT2D eigenvalue weighted by molar-refractivity contribution is 5.90. The lowest BCUT2D eigenvalue weighted by Gasteiger charge is -2.10. The van der Waals surface area contributed by atoms with Gasteiger partial charge in [-0.2, -0.15) is 14.6 Å². The number of carboxylic acid groups (broad SMARTS) is 1. The van der Waals surface area contributed by atoms with Crippen LogP contribution in [0.5, 0.6) is 0 Å². The number of aromatic nitrogens is 4. The number of hydrogen-bond acceptors (Lipinski definition) is 5. The van der Waals surface area contributed by atoms with Crippen LogP contribution in [0.3, 0.4) is 0 Å². The highest BCUT2D eigenvalue weighted by Crippen LogP contribution is 2.17. The number of rotatable bonds is 5. The summed E-state index contributed by atoms with van der Waals surface area (Å²) >= 11 is 0. The molecule has 7 nitrogen and oxygen atoms in total. The molecule has 0 saturated carbocycles. The van der Waals surface area contributed by atoms with Crippen LogP contribution in [0.4, 0.5) is 0 Å². The molecule has 1 N–H and O–H groups in total. The van der Waals surface area contributed by atoms with E-state index in [1.54, 1.807) is 0 Å². The SMILES string of the molecule is O=C(O)CCc1nc2ccccc2c2nc(=O)c(Cc3ccccc3)nn12.